The topological polar surface area (TPSA) is 77.0 Å². The van der Waals surface area contributed by atoms with E-state index < -0.39 is 0 Å². The van der Waals surface area contributed by atoms with Gasteiger partial charge in [-0.25, -0.2) is 0 Å². The fourth-order valence-electron chi connectivity index (χ4n) is 3.53. The van der Waals surface area contributed by atoms with E-state index in [1.54, 1.807) is 7.05 Å². The molecule has 7 heteroatoms. The molecule has 2 amide bonds. The van der Waals surface area contributed by atoms with E-state index in [1.165, 1.54) is 30.7 Å². The largest absolute Gasteiger partial charge is 0.356 e. The van der Waals surface area contributed by atoms with Crippen molar-refractivity contribution in [3.8, 4) is 0 Å². The molecule has 25 heavy (non-hydrogen) atoms. The molecule has 2 aliphatic rings. The number of guanidine groups is 1. The van der Waals surface area contributed by atoms with Crippen LogP contribution in [0.5, 0.6) is 0 Å². The molecule has 2 saturated heterocycles. The SMILES string of the molecule is CN=C(NCCCN1CCCCC1C)NCCN1C(=O)CCCC1=O. The zero-order chi connectivity index (χ0) is 18.1. The number of likely N-dealkylation sites (tertiary alicyclic amines) is 2. The molecule has 2 N–H and O–H groups in total. The molecule has 0 radical (unpaired) electrons. The Morgan fingerprint density at radius 2 is 1.80 bits per heavy atom. The number of aliphatic imine (C=N–C) groups is 1. The van der Waals surface area contributed by atoms with E-state index in [-0.39, 0.29) is 11.8 Å². The molecule has 2 heterocycles. The first-order chi connectivity index (χ1) is 12.1. The lowest BCUT2D eigenvalue weighted by Gasteiger charge is -2.33. The highest BCUT2D eigenvalue weighted by molar-refractivity contribution is 5.97. The van der Waals surface area contributed by atoms with Crippen molar-refractivity contribution >= 4 is 17.8 Å². The molecule has 0 saturated carbocycles. The highest BCUT2D eigenvalue weighted by atomic mass is 16.2. The Morgan fingerprint density at radius 1 is 1.08 bits per heavy atom. The molecule has 2 aliphatic heterocycles. The van der Waals surface area contributed by atoms with Crippen LogP contribution in [0.4, 0.5) is 0 Å². The van der Waals surface area contributed by atoms with Crippen LogP contribution in [0.15, 0.2) is 4.99 Å². The van der Waals surface area contributed by atoms with Gasteiger partial charge in [-0.15, -0.1) is 0 Å². The van der Waals surface area contributed by atoms with Gasteiger partial charge in [-0.2, -0.15) is 0 Å². The number of hydrogen-bond acceptors (Lipinski definition) is 4. The van der Waals surface area contributed by atoms with Crippen LogP contribution in [0.2, 0.25) is 0 Å². The number of piperidine rings is 2. The first-order valence-corrected chi connectivity index (χ1v) is 9.63. The minimum Gasteiger partial charge on any atom is -0.356 e. The monoisotopic (exact) mass is 351 g/mol. The lowest BCUT2D eigenvalue weighted by atomic mass is 10.0. The van der Waals surface area contributed by atoms with Crippen molar-refractivity contribution in [3.05, 3.63) is 0 Å². The van der Waals surface area contributed by atoms with Crippen molar-refractivity contribution in [1.82, 2.24) is 20.4 Å². The molecule has 1 atom stereocenters. The van der Waals surface area contributed by atoms with Crippen molar-refractivity contribution in [1.29, 1.82) is 0 Å². The normalized spacial score (nSPS) is 23.0. The Kier molecular flexibility index (Phi) is 8.18. The molecule has 7 nitrogen and oxygen atoms in total. The highest BCUT2D eigenvalue weighted by Crippen LogP contribution is 2.16. The summed E-state index contributed by atoms with van der Waals surface area (Å²) in [6, 6.07) is 0.700. The first kappa shape index (κ1) is 19.7. The maximum Gasteiger partial charge on any atom is 0.229 e. The molecule has 0 spiro atoms. The standard InChI is InChI=1S/C18H33N5O2/c1-15-7-3-4-12-22(15)13-6-10-20-18(19-2)21-11-14-23-16(24)8-5-9-17(23)25/h15H,3-14H2,1-2H3,(H2,19,20,21). The molecule has 0 aromatic carbocycles. The summed E-state index contributed by atoms with van der Waals surface area (Å²) in [5.74, 6) is 0.608. The summed E-state index contributed by atoms with van der Waals surface area (Å²) < 4.78 is 0. The van der Waals surface area contributed by atoms with Gasteiger partial charge in [0, 0.05) is 52.1 Å². The molecule has 0 aromatic rings. The average Bonchev–Trinajstić information content (AvgIpc) is 2.60. The quantitative estimate of drug-likeness (QED) is 0.309. The fraction of sp³-hybridized carbons (Fsp3) is 0.833. The van der Waals surface area contributed by atoms with Gasteiger partial charge in [-0.05, 0) is 39.2 Å². The number of carbonyl (C=O) groups is 2. The van der Waals surface area contributed by atoms with Crippen LogP contribution in [0.3, 0.4) is 0 Å². The summed E-state index contributed by atoms with van der Waals surface area (Å²) >= 11 is 0. The maximum atomic E-state index is 11.8. The van der Waals surface area contributed by atoms with Gasteiger partial charge in [-0.1, -0.05) is 6.42 Å². The van der Waals surface area contributed by atoms with Crippen molar-refractivity contribution in [3.63, 3.8) is 0 Å². The van der Waals surface area contributed by atoms with E-state index in [1.807, 2.05) is 0 Å². The molecule has 0 bridgehead atoms. The number of hydrogen-bond donors (Lipinski definition) is 2. The van der Waals surface area contributed by atoms with Gasteiger partial charge in [0.2, 0.25) is 11.8 Å². The van der Waals surface area contributed by atoms with Crippen LogP contribution in [0.25, 0.3) is 0 Å². The lowest BCUT2D eigenvalue weighted by Crippen LogP contribution is -2.47. The third kappa shape index (κ3) is 6.30. The highest BCUT2D eigenvalue weighted by Gasteiger charge is 2.25. The second kappa shape index (κ2) is 10.4. The Labute approximate surface area is 151 Å². The average molecular weight is 351 g/mol. The third-order valence-electron chi connectivity index (χ3n) is 5.09. The molecule has 0 aromatic heterocycles. The minimum absolute atomic E-state index is 0.0587. The second-order valence-corrected chi connectivity index (χ2v) is 6.95. The molecule has 2 rings (SSSR count). The van der Waals surface area contributed by atoms with Crippen LogP contribution in [-0.4, -0.2) is 73.4 Å². The Bertz CT molecular complexity index is 464. The number of nitrogens with zero attached hydrogens (tertiary/aromatic N) is 3. The smallest absolute Gasteiger partial charge is 0.229 e. The van der Waals surface area contributed by atoms with Crippen LogP contribution in [0.1, 0.15) is 51.9 Å². The molecular formula is C18H33N5O2. The number of carbonyl (C=O) groups excluding carboxylic acids is 2. The zero-order valence-electron chi connectivity index (χ0n) is 15.7. The summed E-state index contributed by atoms with van der Waals surface area (Å²) in [7, 11) is 1.74. The number of nitrogens with one attached hydrogen (secondary N) is 2. The lowest BCUT2D eigenvalue weighted by molar-refractivity contribution is -0.147. The van der Waals surface area contributed by atoms with Crippen LogP contribution >= 0.6 is 0 Å². The van der Waals surface area contributed by atoms with Gasteiger partial charge in [0.1, 0.15) is 0 Å². The third-order valence-corrected chi connectivity index (χ3v) is 5.09. The Hall–Kier alpha value is -1.63. The first-order valence-electron chi connectivity index (χ1n) is 9.63. The van der Waals surface area contributed by atoms with Crippen LogP contribution in [0, 0.1) is 0 Å². The van der Waals surface area contributed by atoms with Crippen LogP contribution in [-0.2, 0) is 9.59 Å². The van der Waals surface area contributed by atoms with Crippen molar-refractivity contribution in [2.45, 2.75) is 57.9 Å². The second-order valence-electron chi connectivity index (χ2n) is 6.95. The van der Waals surface area contributed by atoms with Gasteiger partial charge in [0.05, 0.1) is 0 Å². The van der Waals surface area contributed by atoms with Crippen LogP contribution < -0.4 is 10.6 Å². The fourth-order valence-corrected chi connectivity index (χ4v) is 3.53. The summed E-state index contributed by atoms with van der Waals surface area (Å²) in [5, 5.41) is 6.49. The van der Waals surface area contributed by atoms with Gasteiger partial charge < -0.3 is 15.5 Å². The molecule has 0 aliphatic carbocycles. The summed E-state index contributed by atoms with van der Waals surface area (Å²) in [6.45, 7) is 6.44. The molecule has 1 unspecified atom stereocenters. The predicted octanol–water partition coefficient (Wildman–Crippen LogP) is 0.955. The number of imide groups is 1. The van der Waals surface area contributed by atoms with E-state index in [9.17, 15) is 9.59 Å². The van der Waals surface area contributed by atoms with Crippen molar-refractivity contribution in [2.24, 2.45) is 4.99 Å². The van der Waals surface area contributed by atoms with E-state index in [2.05, 4.69) is 27.4 Å². The van der Waals surface area contributed by atoms with Crippen molar-refractivity contribution < 1.29 is 9.59 Å². The summed E-state index contributed by atoms with van der Waals surface area (Å²) in [6.07, 6.45) is 6.70. The summed E-state index contributed by atoms with van der Waals surface area (Å²) in [4.78, 5) is 31.7. The van der Waals surface area contributed by atoms with Crippen molar-refractivity contribution in [2.75, 3.05) is 39.8 Å². The zero-order valence-corrected chi connectivity index (χ0v) is 15.7. The Balaban J connectivity index is 1.60. The van der Waals surface area contributed by atoms with E-state index in [0.29, 0.717) is 38.4 Å². The van der Waals surface area contributed by atoms with E-state index >= 15 is 0 Å². The van der Waals surface area contributed by atoms with Gasteiger partial charge in [0.15, 0.2) is 5.96 Å². The van der Waals surface area contributed by atoms with E-state index in [0.717, 1.165) is 25.5 Å². The van der Waals surface area contributed by atoms with E-state index in [4.69, 9.17) is 0 Å². The van der Waals surface area contributed by atoms with Gasteiger partial charge in [-0.3, -0.25) is 19.5 Å². The van der Waals surface area contributed by atoms with Gasteiger partial charge >= 0.3 is 0 Å². The number of rotatable bonds is 7. The molecule has 142 valence electrons. The molecular weight excluding hydrogens is 318 g/mol. The Morgan fingerprint density at radius 3 is 2.48 bits per heavy atom. The maximum absolute atomic E-state index is 11.8. The minimum atomic E-state index is -0.0587. The predicted molar refractivity (Wildman–Crippen MR) is 99.4 cm³/mol. The molecule has 2 fully saturated rings. The summed E-state index contributed by atoms with van der Waals surface area (Å²) in [5.41, 5.74) is 0. The number of amides is 2. The van der Waals surface area contributed by atoms with Gasteiger partial charge in [0.25, 0.3) is 0 Å².